The highest BCUT2D eigenvalue weighted by Gasteiger charge is 2.17. The van der Waals surface area contributed by atoms with Crippen LogP contribution in [0.15, 0.2) is 29.6 Å². The lowest BCUT2D eigenvalue weighted by atomic mass is 10.1. The van der Waals surface area contributed by atoms with Crippen molar-refractivity contribution in [3.63, 3.8) is 0 Å². The molecule has 0 fully saturated rings. The molecule has 0 bridgehead atoms. The molecular formula is C16H22N2OS. The van der Waals surface area contributed by atoms with Gasteiger partial charge in [-0.1, -0.05) is 18.2 Å². The Morgan fingerprint density at radius 2 is 2.00 bits per heavy atom. The standard InChI is InChI=1S/C16H22N2OS/c1-4-18(5-2)16(19)12(3)17-10-13-11-20-15-9-7-6-8-14(13)15/h6-9,11-12,17H,4-5,10H2,1-3H3. The first-order chi connectivity index (χ1) is 9.67. The van der Waals surface area contributed by atoms with Crippen LogP contribution in [0.5, 0.6) is 0 Å². The molecule has 0 saturated carbocycles. The number of carbonyl (C=O) groups excluding carboxylic acids is 1. The van der Waals surface area contributed by atoms with E-state index in [-0.39, 0.29) is 11.9 Å². The number of nitrogens with one attached hydrogen (secondary N) is 1. The van der Waals surface area contributed by atoms with E-state index in [1.165, 1.54) is 15.6 Å². The second kappa shape index (κ2) is 6.86. The van der Waals surface area contributed by atoms with Crippen LogP contribution in [-0.2, 0) is 11.3 Å². The molecule has 4 heteroatoms. The smallest absolute Gasteiger partial charge is 0.239 e. The quantitative estimate of drug-likeness (QED) is 0.885. The number of thiophene rings is 1. The summed E-state index contributed by atoms with van der Waals surface area (Å²) in [6.45, 7) is 8.24. The summed E-state index contributed by atoms with van der Waals surface area (Å²) >= 11 is 1.75. The molecule has 20 heavy (non-hydrogen) atoms. The van der Waals surface area contributed by atoms with Crippen LogP contribution in [0.1, 0.15) is 26.3 Å². The first-order valence-electron chi connectivity index (χ1n) is 7.14. The van der Waals surface area contributed by atoms with Gasteiger partial charge in [0.05, 0.1) is 6.04 Å². The fourth-order valence-electron chi connectivity index (χ4n) is 2.33. The van der Waals surface area contributed by atoms with Gasteiger partial charge in [-0.25, -0.2) is 0 Å². The Morgan fingerprint density at radius 1 is 1.30 bits per heavy atom. The van der Waals surface area contributed by atoms with E-state index in [0.29, 0.717) is 0 Å². The lowest BCUT2D eigenvalue weighted by molar-refractivity contribution is -0.132. The van der Waals surface area contributed by atoms with Gasteiger partial charge in [0.1, 0.15) is 0 Å². The molecule has 1 atom stereocenters. The number of fused-ring (bicyclic) bond motifs is 1. The van der Waals surface area contributed by atoms with Crippen LogP contribution in [-0.4, -0.2) is 29.9 Å². The minimum absolute atomic E-state index is 0.145. The second-order valence-electron chi connectivity index (χ2n) is 4.87. The summed E-state index contributed by atoms with van der Waals surface area (Å²) in [7, 11) is 0. The molecule has 0 spiro atoms. The zero-order valence-electron chi connectivity index (χ0n) is 12.3. The van der Waals surface area contributed by atoms with Crippen molar-refractivity contribution in [1.29, 1.82) is 0 Å². The Hall–Kier alpha value is -1.39. The van der Waals surface area contributed by atoms with Crippen LogP contribution in [0.2, 0.25) is 0 Å². The van der Waals surface area contributed by atoms with E-state index in [0.717, 1.165) is 19.6 Å². The molecule has 1 N–H and O–H groups in total. The minimum atomic E-state index is -0.145. The van der Waals surface area contributed by atoms with E-state index in [1.807, 2.05) is 25.7 Å². The summed E-state index contributed by atoms with van der Waals surface area (Å²) < 4.78 is 1.30. The van der Waals surface area contributed by atoms with E-state index >= 15 is 0 Å². The number of rotatable bonds is 6. The summed E-state index contributed by atoms with van der Waals surface area (Å²) in [6.07, 6.45) is 0. The molecule has 2 rings (SSSR count). The van der Waals surface area contributed by atoms with Gasteiger partial charge < -0.3 is 10.2 Å². The Kier molecular flexibility index (Phi) is 5.15. The fraction of sp³-hybridized carbons (Fsp3) is 0.438. The molecule has 1 aromatic heterocycles. The highest BCUT2D eigenvalue weighted by Crippen LogP contribution is 2.25. The lowest BCUT2D eigenvalue weighted by Crippen LogP contribution is -2.44. The van der Waals surface area contributed by atoms with Crippen molar-refractivity contribution < 1.29 is 4.79 Å². The van der Waals surface area contributed by atoms with Crippen LogP contribution in [0, 0.1) is 0 Å². The van der Waals surface area contributed by atoms with Crippen LogP contribution in [0.25, 0.3) is 10.1 Å². The highest BCUT2D eigenvalue weighted by atomic mass is 32.1. The summed E-state index contributed by atoms with van der Waals surface area (Å²) in [5.41, 5.74) is 1.27. The number of nitrogens with zero attached hydrogens (tertiary/aromatic N) is 1. The van der Waals surface area contributed by atoms with Gasteiger partial charge in [-0.3, -0.25) is 4.79 Å². The Labute approximate surface area is 124 Å². The molecule has 1 amide bonds. The summed E-state index contributed by atoms with van der Waals surface area (Å²) in [5, 5.41) is 6.80. The molecule has 2 aromatic rings. The third kappa shape index (κ3) is 3.19. The molecule has 1 unspecified atom stereocenters. The molecule has 108 valence electrons. The van der Waals surface area contributed by atoms with Gasteiger partial charge in [-0.05, 0) is 43.2 Å². The van der Waals surface area contributed by atoms with Crippen molar-refractivity contribution in [3.05, 3.63) is 35.2 Å². The normalized spacial score (nSPS) is 12.6. The Bertz CT molecular complexity index is 575. The number of amides is 1. The average molecular weight is 290 g/mol. The van der Waals surface area contributed by atoms with Crippen molar-refractivity contribution in [2.75, 3.05) is 13.1 Å². The summed E-state index contributed by atoms with van der Waals surface area (Å²) in [5.74, 6) is 0.175. The van der Waals surface area contributed by atoms with Gasteiger partial charge in [0.25, 0.3) is 0 Å². The molecule has 0 radical (unpaired) electrons. The van der Waals surface area contributed by atoms with Crippen molar-refractivity contribution in [1.82, 2.24) is 10.2 Å². The molecule has 1 aromatic carbocycles. The fourth-order valence-corrected chi connectivity index (χ4v) is 3.29. The predicted molar refractivity (Wildman–Crippen MR) is 86.1 cm³/mol. The molecule has 0 aliphatic rings. The predicted octanol–water partition coefficient (Wildman–Crippen LogP) is 3.25. The third-order valence-electron chi connectivity index (χ3n) is 3.61. The van der Waals surface area contributed by atoms with E-state index in [4.69, 9.17) is 0 Å². The Balaban J connectivity index is 2.00. The number of benzene rings is 1. The molecule has 3 nitrogen and oxygen atoms in total. The summed E-state index contributed by atoms with van der Waals surface area (Å²) in [4.78, 5) is 14.1. The van der Waals surface area contributed by atoms with Crippen LogP contribution in [0.4, 0.5) is 0 Å². The monoisotopic (exact) mass is 290 g/mol. The molecular weight excluding hydrogens is 268 g/mol. The van der Waals surface area contributed by atoms with E-state index in [9.17, 15) is 4.79 Å². The molecule has 0 saturated heterocycles. The largest absolute Gasteiger partial charge is 0.342 e. The van der Waals surface area contributed by atoms with Crippen molar-refractivity contribution in [3.8, 4) is 0 Å². The first-order valence-corrected chi connectivity index (χ1v) is 8.02. The topological polar surface area (TPSA) is 32.3 Å². The van der Waals surface area contributed by atoms with E-state index in [1.54, 1.807) is 11.3 Å². The van der Waals surface area contributed by atoms with Gasteiger partial charge in [0.15, 0.2) is 0 Å². The zero-order valence-corrected chi connectivity index (χ0v) is 13.2. The maximum Gasteiger partial charge on any atom is 0.239 e. The van der Waals surface area contributed by atoms with Crippen LogP contribution in [0.3, 0.4) is 0 Å². The van der Waals surface area contributed by atoms with Crippen LogP contribution < -0.4 is 5.32 Å². The van der Waals surface area contributed by atoms with E-state index in [2.05, 4.69) is 35.0 Å². The zero-order chi connectivity index (χ0) is 14.5. The van der Waals surface area contributed by atoms with Crippen molar-refractivity contribution >= 4 is 27.3 Å². The second-order valence-corrected chi connectivity index (χ2v) is 5.78. The van der Waals surface area contributed by atoms with Crippen molar-refractivity contribution in [2.45, 2.75) is 33.4 Å². The number of likely N-dealkylation sites (N-methyl/N-ethyl adjacent to an activating group) is 1. The number of carbonyl (C=O) groups is 1. The van der Waals surface area contributed by atoms with Gasteiger partial charge in [-0.2, -0.15) is 0 Å². The third-order valence-corrected chi connectivity index (χ3v) is 4.62. The molecule has 0 aliphatic carbocycles. The maximum absolute atomic E-state index is 12.2. The van der Waals surface area contributed by atoms with Crippen molar-refractivity contribution in [2.24, 2.45) is 0 Å². The van der Waals surface area contributed by atoms with Gasteiger partial charge >= 0.3 is 0 Å². The Morgan fingerprint density at radius 3 is 2.70 bits per heavy atom. The highest BCUT2D eigenvalue weighted by molar-refractivity contribution is 7.17. The average Bonchev–Trinajstić information content (AvgIpc) is 2.89. The maximum atomic E-state index is 12.2. The first kappa shape index (κ1) is 15.0. The van der Waals surface area contributed by atoms with E-state index < -0.39 is 0 Å². The summed E-state index contributed by atoms with van der Waals surface area (Å²) in [6, 6.07) is 8.24. The SMILES string of the molecule is CCN(CC)C(=O)C(C)NCc1csc2ccccc12. The van der Waals surface area contributed by atoms with Gasteiger partial charge in [-0.15, -0.1) is 11.3 Å². The van der Waals surface area contributed by atoms with Crippen LogP contribution >= 0.6 is 11.3 Å². The van der Waals surface area contributed by atoms with Gasteiger partial charge in [0.2, 0.25) is 5.91 Å². The number of hydrogen-bond acceptors (Lipinski definition) is 3. The number of hydrogen-bond donors (Lipinski definition) is 1. The van der Waals surface area contributed by atoms with Gasteiger partial charge in [0, 0.05) is 24.3 Å². The lowest BCUT2D eigenvalue weighted by Gasteiger charge is -2.23. The molecule has 1 heterocycles. The molecule has 0 aliphatic heterocycles. The minimum Gasteiger partial charge on any atom is -0.342 e.